The molecule has 0 saturated carbocycles. The summed E-state index contributed by atoms with van der Waals surface area (Å²) in [5.41, 5.74) is 0.887. The average Bonchev–Trinajstić information content (AvgIpc) is 2.36. The molecule has 0 atom stereocenters. The second kappa shape index (κ2) is 8.83. The van der Waals surface area contributed by atoms with Crippen LogP contribution in [-0.2, 0) is 11.3 Å². The van der Waals surface area contributed by atoms with Crippen molar-refractivity contribution in [2.75, 3.05) is 26.4 Å². The highest BCUT2D eigenvalue weighted by Crippen LogP contribution is 2.04. The van der Waals surface area contributed by atoms with Crippen LogP contribution in [0.5, 0.6) is 5.88 Å². The molecule has 1 rings (SSSR count). The monoisotopic (exact) mass is 253 g/mol. The summed E-state index contributed by atoms with van der Waals surface area (Å²) in [5, 5.41) is 3.20. The molecule has 102 valence electrons. The summed E-state index contributed by atoms with van der Waals surface area (Å²) >= 11 is 0. The lowest BCUT2D eigenvalue weighted by molar-refractivity contribution is 0.0804. The standard InChI is InChI=1S/C13H23N3O2/c1-4-14-7-12-8-15-9-13(16-12)18-6-5-17-10-11(2)3/h8-9,11,14H,4-7,10H2,1-3H3. The molecule has 0 fully saturated rings. The van der Waals surface area contributed by atoms with Gasteiger partial charge in [-0.15, -0.1) is 0 Å². The van der Waals surface area contributed by atoms with Gasteiger partial charge in [-0.2, -0.15) is 0 Å². The van der Waals surface area contributed by atoms with E-state index in [1.807, 2.05) is 0 Å². The zero-order chi connectivity index (χ0) is 13.2. The molecule has 1 aromatic rings. The largest absolute Gasteiger partial charge is 0.474 e. The van der Waals surface area contributed by atoms with E-state index in [1.54, 1.807) is 12.4 Å². The van der Waals surface area contributed by atoms with Gasteiger partial charge in [0, 0.05) is 19.3 Å². The summed E-state index contributed by atoms with van der Waals surface area (Å²) in [4.78, 5) is 8.44. The van der Waals surface area contributed by atoms with Gasteiger partial charge in [-0.3, -0.25) is 4.98 Å². The van der Waals surface area contributed by atoms with Crippen LogP contribution in [0.4, 0.5) is 0 Å². The van der Waals surface area contributed by atoms with E-state index >= 15 is 0 Å². The van der Waals surface area contributed by atoms with Crippen molar-refractivity contribution in [1.82, 2.24) is 15.3 Å². The zero-order valence-corrected chi connectivity index (χ0v) is 11.5. The molecule has 0 spiro atoms. The number of hydrogen-bond donors (Lipinski definition) is 1. The quantitative estimate of drug-likeness (QED) is 0.678. The molecule has 0 aliphatic heterocycles. The van der Waals surface area contributed by atoms with E-state index in [2.05, 4.69) is 36.1 Å². The number of hydrogen-bond acceptors (Lipinski definition) is 5. The van der Waals surface area contributed by atoms with Crippen LogP contribution in [-0.4, -0.2) is 36.3 Å². The predicted molar refractivity (Wildman–Crippen MR) is 70.6 cm³/mol. The first-order chi connectivity index (χ1) is 8.72. The molecule has 0 bridgehead atoms. The molecule has 0 amide bonds. The Balaban J connectivity index is 2.24. The van der Waals surface area contributed by atoms with Crippen molar-refractivity contribution in [2.45, 2.75) is 27.3 Å². The van der Waals surface area contributed by atoms with Crippen molar-refractivity contribution < 1.29 is 9.47 Å². The smallest absolute Gasteiger partial charge is 0.232 e. The number of ether oxygens (including phenoxy) is 2. The molecule has 18 heavy (non-hydrogen) atoms. The molecule has 0 aliphatic rings. The van der Waals surface area contributed by atoms with E-state index in [4.69, 9.17) is 9.47 Å². The van der Waals surface area contributed by atoms with Crippen LogP contribution in [0.2, 0.25) is 0 Å². The highest BCUT2D eigenvalue weighted by atomic mass is 16.5. The van der Waals surface area contributed by atoms with Crippen molar-refractivity contribution in [1.29, 1.82) is 0 Å². The fraction of sp³-hybridized carbons (Fsp3) is 0.692. The normalized spacial score (nSPS) is 10.9. The van der Waals surface area contributed by atoms with Crippen LogP contribution in [0, 0.1) is 5.92 Å². The lowest BCUT2D eigenvalue weighted by atomic mass is 10.2. The Morgan fingerprint density at radius 3 is 2.83 bits per heavy atom. The first-order valence-corrected chi connectivity index (χ1v) is 6.44. The molecule has 1 aromatic heterocycles. The Hall–Kier alpha value is -1.20. The van der Waals surface area contributed by atoms with E-state index in [1.165, 1.54) is 0 Å². The fourth-order valence-corrected chi connectivity index (χ4v) is 1.32. The van der Waals surface area contributed by atoms with Gasteiger partial charge < -0.3 is 14.8 Å². The Morgan fingerprint density at radius 1 is 1.28 bits per heavy atom. The van der Waals surface area contributed by atoms with Gasteiger partial charge in [0.1, 0.15) is 6.61 Å². The van der Waals surface area contributed by atoms with Crippen LogP contribution in [0.1, 0.15) is 26.5 Å². The predicted octanol–water partition coefficient (Wildman–Crippen LogP) is 1.64. The molecular formula is C13H23N3O2. The van der Waals surface area contributed by atoms with Gasteiger partial charge in [0.15, 0.2) is 0 Å². The molecule has 0 saturated heterocycles. The summed E-state index contributed by atoms with van der Waals surface area (Å²) in [6.45, 7) is 9.77. The van der Waals surface area contributed by atoms with Crippen LogP contribution < -0.4 is 10.1 Å². The molecule has 0 radical (unpaired) electrons. The van der Waals surface area contributed by atoms with Gasteiger partial charge in [-0.25, -0.2) is 4.98 Å². The Morgan fingerprint density at radius 2 is 2.11 bits per heavy atom. The van der Waals surface area contributed by atoms with Crippen LogP contribution in [0.25, 0.3) is 0 Å². The molecule has 0 aromatic carbocycles. The van der Waals surface area contributed by atoms with Gasteiger partial charge in [-0.1, -0.05) is 20.8 Å². The third kappa shape index (κ3) is 6.51. The van der Waals surface area contributed by atoms with Crippen molar-refractivity contribution in [3.05, 3.63) is 18.1 Å². The lowest BCUT2D eigenvalue weighted by Crippen LogP contribution is -2.14. The average molecular weight is 253 g/mol. The minimum atomic E-state index is 0.506. The summed E-state index contributed by atoms with van der Waals surface area (Å²) in [7, 11) is 0. The van der Waals surface area contributed by atoms with Crippen LogP contribution in [0.3, 0.4) is 0 Å². The van der Waals surface area contributed by atoms with Crippen molar-refractivity contribution >= 4 is 0 Å². The summed E-state index contributed by atoms with van der Waals surface area (Å²) < 4.78 is 10.9. The van der Waals surface area contributed by atoms with E-state index in [9.17, 15) is 0 Å². The van der Waals surface area contributed by atoms with Crippen molar-refractivity contribution in [2.24, 2.45) is 5.92 Å². The first kappa shape index (κ1) is 14.9. The molecule has 0 unspecified atom stereocenters. The summed E-state index contributed by atoms with van der Waals surface area (Å²) in [6.07, 6.45) is 3.36. The third-order valence-corrected chi connectivity index (χ3v) is 2.15. The van der Waals surface area contributed by atoms with Crippen molar-refractivity contribution in [3.63, 3.8) is 0 Å². The second-order valence-corrected chi connectivity index (χ2v) is 4.45. The lowest BCUT2D eigenvalue weighted by Gasteiger charge is -2.08. The van der Waals surface area contributed by atoms with Gasteiger partial charge in [0.25, 0.3) is 0 Å². The van der Waals surface area contributed by atoms with E-state index in [0.29, 0.717) is 31.6 Å². The zero-order valence-electron chi connectivity index (χ0n) is 11.5. The molecule has 5 nitrogen and oxygen atoms in total. The van der Waals surface area contributed by atoms with Gasteiger partial charge in [-0.05, 0) is 12.5 Å². The molecule has 1 N–H and O–H groups in total. The molecule has 1 heterocycles. The van der Waals surface area contributed by atoms with E-state index in [-0.39, 0.29) is 0 Å². The van der Waals surface area contributed by atoms with Crippen molar-refractivity contribution in [3.8, 4) is 5.88 Å². The van der Waals surface area contributed by atoms with Gasteiger partial charge in [0.05, 0.1) is 18.5 Å². The van der Waals surface area contributed by atoms with Gasteiger partial charge in [0.2, 0.25) is 5.88 Å². The maximum absolute atomic E-state index is 5.48. The third-order valence-electron chi connectivity index (χ3n) is 2.15. The first-order valence-electron chi connectivity index (χ1n) is 6.44. The number of aromatic nitrogens is 2. The minimum Gasteiger partial charge on any atom is -0.474 e. The minimum absolute atomic E-state index is 0.506. The molecule has 0 aliphatic carbocycles. The second-order valence-electron chi connectivity index (χ2n) is 4.45. The maximum atomic E-state index is 5.48. The number of nitrogens with zero attached hydrogens (tertiary/aromatic N) is 2. The summed E-state index contributed by atoms with van der Waals surface area (Å²) in [6, 6.07) is 0. The maximum Gasteiger partial charge on any atom is 0.232 e. The highest BCUT2D eigenvalue weighted by Gasteiger charge is 2.00. The van der Waals surface area contributed by atoms with Crippen LogP contribution >= 0.6 is 0 Å². The molecular weight excluding hydrogens is 230 g/mol. The Kier molecular flexibility index (Phi) is 7.29. The fourth-order valence-electron chi connectivity index (χ4n) is 1.32. The SMILES string of the molecule is CCNCc1cncc(OCCOCC(C)C)n1. The van der Waals surface area contributed by atoms with E-state index < -0.39 is 0 Å². The van der Waals surface area contributed by atoms with Gasteiger partial charge >= 0.3 is 0 Å². The number of nitrogens with one attached hydrogen (secondary N) is 1. The van der Waals surface area contributed by atoms with E-state index in [0.717, 1.165) is 18.8 Å². The number of rotatable bonds is 9. The van der Waals surface area contributed by atoms with Crippen LogP contribution in [0.15, 0.2) is 12.4 Å². The Labute approximate surface area is 109 Å². The topological polar surface area (TPSA) is 56.3 Å². The highest BCUT2D eigenvalue weighted by molar-refractivity contribution is 5.08. The molecule has 5 heteroatoms. The summed E-state index contributed by atoms with van der Waals surface area (Å²) in [5.74, 6) is 1.10. The Bertz CT molecular complexity index is 332.